The predicted octanol–water partition coefficient (Wildman–Crippen LogP) is 2.84. The quantitative estimate of drug-likeness (QED) is 0.871. The van der Waals surface area contributed by atoms with Crippen molar-refractivity contribution in [2.24, 2.45) is 0 Å². The summed E-state index contributed by atoms with van der Waals surface area (Å²) in [5.41, 5.74) is 0.838. The molecule has 0 aliphatic carbocycles. The van der Waals surface area contributed by atoms with Gasteiger partial charge in [0.1, 0.15) is 0 Å². The molecule has 1 aromatic rings. The van der Waals surface area contributed by atoms with E-state index in [9.17, 15) is 5.11 Å². The standard InChI is InChI=1S/C14H20BrNOS/c1-11(8-12-2-4-13(15)5-3-12)16-9-14(17)6-7-18-10-14/h2-5,11,16-17H,6-10H2,1H3/t11-,14+/m0/s1. The molecule has 1 aromatic carbocycles. The molecule has 0 amide bonds. The Morgan fingerprint density at radius 2 is 2.17 bits per heavy atom. The molecule has 1 heterocycles. The molecule has 0 spiro atoms. The topological polar surface area (TPSA) is 32.3 Å². The maximum atomic E-state index is 10.3. The first-order valence-electron chi connectivity index (χ1n) is 6.35. The number of hydrogen-bond acceptors (Lipinski definition) is 3. The summed E-state index contributed by atoms with van der Waals surface area (Å²) in [6.45, 7) is 2.88. The minimum Gasteiger partial charge on any atom is -0.388 e. The van der Waals surface area contributed by atoms with E-state index in [1.54, 1.807) is 0 Å². The SMILES string of the molecule is C[C@@H](Cc1ccc(Br)cc1)NC[C@]1(O)CCSC1. The predicted molar refractivity (Wildman–Crippen MR) is 82.2 cm³/mol. The third kappa shape index (κ3) is 4.26. The van der Waals surface area contributed by atoms with Crippen molar-refractivity contribution in [3.8, 4) is 0 Å². The van der Waals surface area contributed by atoms with Gasteiger partial charge in [0.15, 0.2) is 0 Å². The Labute approximate surface area is 122 Å². The van der Waals surface area contributed by atoms with Gasteiger partial charge in [-0.25, -0.2) is 0 Å². The van der Waals surface area contributed by atoms with Gasteiger partial charge in [0, 0.05) is 22.8 Å². The van der Waals surface area contributed by atoms with E-state index in [4.69, 9.17) is 0 Å². The van der Waals surface area contributed by atoms with Crippen molar-refractivity contribution in [2.75, 3.05) is 18.1 Å². The fraction of sp³-hybridized carbons (Fsp3) is 0.571. The van der Waals surface area contributed by atoms with Crippen LogP contribution >= 0.6 is 27.7 Å². The van der Waals surface area contributed by atoms with Crippen molar-refractivity contribution in [2.45, 2.75) is 31.4 Å². The van der Waals surface area contributed by atoms with Crippen molar-refractivity contribution in [1.29, 1.82) is 0 Å². The molecule has 2 N–H and O–H groups in total. The van der Waals surface area contributed by atoms with Crippen molar-refractivity contribution >= 4 is 27.7 Å². The van der Waals surface area contributed by atoms with E-state index in [1.165, 1.54) is 5.56 Å². The van der Waals surface area contributed by atoms with Crippen LogP contribution in [0.1, 0.15) is 18.9 Å². The Hall–Kier alpha value is -0.0300. The zero-order chi connectivity index (χ0) is 13.0. The van der Waals surface area contributed by atoms with Crippen LogP contribution in [-0.4, -0.2) is 34.8 Å². The first-order chi connectivity index (χ1) is 8.57. The molecule has 1 saturated heterocycles. The summed E-state index contributed by atoms with van der Waals surface area (Å²) < 4.78 is 1.11. The van der Waals surface area contributed by atoms with E-state index < -0.39 is 5.60 Å². The summed E-state index contributed by atoms with van der Waals surface area (Å²) in [5.74, 6) is 1.95. The second-order valence-corrected chi connectivity index (χ2v) is 7.16. The van der Waals surface area contributed by atoms with Crippen molar-refractivity contribution in [1.82, 2.24) is 5.32 Å². The Morgan fingerprint density at radius 3 is 2.78 bits per heavy atom. The van der Waals surface area contributed by atoms with Gasteiger partial charge in [-0.15, -0.1) is 0 Å². The average molecular weight is 330 g/mol. The third-order valence-electron chi connectivity index (χ3n) is 3.32. The third-order valence-corrected chi connectivity index (χ3v) is 5.08. The van der Waals surface area contributed by atoms with Gasteiger partial charge in [0.25, 0.3) is 0 Å². The number of rotatable bonds is 5. The van der Waals surface area contributed by atoms with Crippen LogP contribution in [0.15, 0.2) is 28.7 Å². The highest BCUT2D eigenvalue weighted by molar-refractivity contribution is 9.10. The summed E-state index contributed by atoms with van der Waals surface area (Å²) in [5, 5.41) is 13.7. The molecule has 2 rings (SSSR count). The second-order valence-electron chi connectivity index (χ2n) is 5.14. The Kier molecular flexibility index (Phi) is 5.13. The molecule has 1 fully saturated rings. The molecular formula is C14H20BrNOS. The Balaban J connectivity index is 1.78. The highest BCUT2D eigenvalue weighted by Crippen LogP contribution is 2.27. The maximum Gasteiger partial charge on any atom is 0.0869 e. The molecule has 0 aromatic heterocycles. The smallest absolute Gasteiger partial charge is 0.0869 e. The van der Waals surface area contributed by atoms with Crippen LogP contribution in [0.3, 0.4) is 0 Å². The molecule has 4 heteroatoms. The van der Waals surface area contributed by atoms with Crippen LogP contribution in [0.2, 0.25) is 0 Å². The number of benzene rings is 1. The van der Waals surface area contributed by atoms with Gasteiger partial charge in [-0.05, 0) is 43.2 Å². The zero-order valence-electron chi connectivity index (χ0n) is 10.7. The minimum atomic E-state index is -0.487. The molecule has 0 bridgehead atoms. The first kappa shape index (κ1) is 14.4. The molecule has 2 atom stereocenters. The monoisotopic (exact) mass is 329 g/mol. The molecule has 0 radical (unpaired) electrons. The number of nitrogens with one attached hydrogen (secondary N) is 1. The van der Waals surface area contributed by atoms with Gasteiger partial charge >= 0.3 is 0 Å². The summed E-state index contributed by atoms with van der Waals surface area (Å²) >= 11 is 5.29. The maximum absolute atomic E-state index is 10.3. The van der Waals surface area contributed by atoms with Gasteiger partial charge in [0.05, 0.1) is 5.60 Å². The lowest BCUT2D eigenvalue weighted by atomic mass is 10.0. The molecule has 0 unspecified atom stereocenters. The molecule has 2 nitrogen and oxygen atoms in total. The summed E-state index contributed by atoms with van der Waals surface area (Å²) in [6.07, 6.45) is 1.91. The van der Waals surface area contributed by atoms with E-state index in [-0.39, 0.29) is 0 Å². The van der Waals surface area contributed by atoms with E-state index in [0.29, 0.717) is 12.6 Å². The zero-order valence-corrected chi connectivity index (χ0v) is 13.1. The van der Waals surface area contributed by atoms with Crippen LogP contribution in [0.5, 0.6) is 0 Å². The molecule has 100 valence electrons. The second kappa shape index (κ2) is 6.42. The fourth-order valence-electron chi connectivity index (χ4n) is 2.15. The highest BCUT2D eigenvalue weighted by atomic mass is 79.9. The average Bonchev–Trinajstić information content (AvgIpc) is 2.78. The highest BCUT2D eigenvalue weighted by Gasteiger charge is 2.31. The minimum absolute atomic E-state index is 0.390. The van der Waals surface area contributed by atoms with Gasteiger partial charge in [-0.2, -0.15) is 11.8 Å². The molecule has 1 aliphatic rings. The number of aliphatic hydroxyl groups is 1. The largest absolute Gasteiger partial charge is 0.388 e. The Morgan fingerprint density at radius 1 is 1.44 bits per heavy atom. The fourth-order valence-corrected chi connectivity index (χ4v) is 3.71. The van der Waals surface area contributed by atoms with Crippen LogP contribution in [0.4, 0.5) is 0 Å². The van der Waals surface area contributed by atoms with Crippen LogP contribution in [-0.2, 0) is 6.42 Å². The lowest BCUT2D eigenvalue weighted by molar-refractivity contribution is 0.0651. The van der Waals surface area contributed by atoms with Crippen LogP contribution in [0, 0.1) is 0 Å². The molecular weight excluding hydrogens is 310 g/mol. The van der Waals surface area contributed by atoms with Crippen molar-refractivity contribution in [3.05, 3.63) is 34.3 Å². The molecule has 0 saturated carbocycles. The normalized spacial score (nSPS) is 25.3. The van der Waals surface area contributed by atoms with Gasteiger partial charge in [0.2, 0.25) is 0 Å². The molecule has 18 heavy (non-hydrogen) atoms. The van der Waals surface area contributed by atoms with E-state index >= 15 is 0 Å². The van der Waals surface area contributed by atoms with Gasteiger partial charge in [-0.3, -0.25) is 0 Å². The lowest BCUT2D eigenvalue weighted by Crippen LogP contribution is -2.44. The number of halogens is 1. The van der Waals surface area contributed by atoms with Crippen molar-refractivity contribution in [3.63, 3.8) is 0 Å². The molecule has 1 aliphatic heterocycles. The van der Waals surface area contributed by atoms with Crippen molar-refractivity contribution < 1.29 is 5.11 Å². The first-order valence-corrected chi connectivity index (χ1v) is 8.30. The van der Waals surface area contributed by atoms with E-state index in [0.717, 1.165) is 28.8 Å². The van der Waals surface area contributed by atoms with Gasteiger partial charge < -0.3 is 10.4 Å². The number of hydrogen-bond donors (Lipinski definition) is 2. The van der Waals surface area contributed by atoms with Gasteiger partial charge in [-0.1, -0.05) is 28.1 Å². The summed E-state index contributed by atoms with van der Waals surface area (Å²) in [6, 6.07) is 8.82. The Bertz CT molecular complexity index is 376. The summed E-state index contributed by atoms with van der Waals surface area (Å²) in [4.78, 5) is 0. The van der Waals surface area contributed by atoms with E-state index in [1.807, 2.05) is 11.8 Å². The van der Waals surface area contributed by atoms with Crippen LogP contribution < -0.4 is 5.32 Å². The summed E-state index contributed by atoms with van der Waals surface area (Å²) in [7, 11) is 0. The lowest BCUT2D eigenvalue weighted by Gasteiger charge is -2.24. The number of thioether (sulfide) groups is 1. The van der Waals surface area contributed by atoms with E-state index in [2.05, 4.69) is 52.4 Å². The van der Waals surface area contributed by atoms with Crippen LogP contribution in [0.25, 0.3) is 0 Å².